The molecule has 0 saturated heterocycles. The maximum atomic E-state index is 12.6. The van der Waals surface area contributed by atoms with Crippen LogP contribution in [0.4, 0.5) is 13.2 Å². The number of hydrogen-bond donors (Lipinski definition) is 0. The molecule has 0 amide bonds. The summed E-state index contributed by atoms with van der Waals surface area (Å²) in [6, 6.07) is 0. The van der Waals surface area contributed by atoms with Crippen LogP contribution in [0.2, 0.25) is 0 Å². The molecule has 0 aromatic heterocycles. The van der Waals surface area contributed by atoms with Gasteiger partial charge >= 0.3 is 6.18 Å². The summed E-state index contributed by atoms with van der Waals surface area (Å²) in [5.74, 6) is -1.01. The molecule has 106 valence electrons. The van der Waals surface area contributed by atoms with Gasteiger partial charge in [0, 0.05) is 12.3 Å². The first-order chi connectivity index (χ1) is 8.30. The summed E-state index contributed by atoms with van der Waals surface area (Å²) >= 11 is 0. The van der Waals surface area contributed by atoms with Crippen LogP contribution in [0.5, 0.6) is 0 Å². The Hall–Kier alpha value is -0.540. The smallest absolute Gasteiger partial charge is 0.299 e. The Bertz CT molecular complexity index is 271. The summed E-state index contributed by atoms with van der Waals surface area (Å²) in [6.45, 7) is 4.18. The van der Waals surface area contributed by atoms with Crippen LogP contribution in [0.25, 0.3) is 0 Å². The van der Waals surface area contributed by atoms with E-state index in [-0.39, 0.29) is 24.5 Å². The third-order valence-corrected chi connectivity index (χ3v) is 3.80. The predicted molar refractivity (Wildman–Crippen MR) is 65.2 cm³/mol. The molecular weight excluding hydrogens is 241 g/mol. The van der Waals surface area contributed by atoms with Gasteiger partial charge in [-0.25, -0.2) is 0 Å². The zero-order chi connectivity index (χ0) is 13.8. The van der Waals surface area contributed by atoms with Crippen molar-refractivity contribution < 1.29 is 18.0 Å². The number of Topliss-reactive ketones (excluding diaryl/α,β-unsaturated/α-hetero) is 1. The normalized spacial score (nSPS) is 25.4. The summed E-state index contributed by atoms with van der Waals surface area (Å²) < 4.78 is 37.9. The standard InChI is InChI=1S/C14H23F3O/c1-10(2)5-3-8-13(18)11-6-4-7-12(9-11)14(15,16)17/h10-12H,3-9H2,1-2H3. The highest BCUT2D eigenvalue weighted by Gasteiger charge is 2.43. The van der Waals surface area contributed by atoms with Crippen LogP contribution in [0.15, 0.2) is 0 Å². The van der Waals surface area contributed by atoms with Gasteiger partial charge < -0.3 is 0 Å². The minimum Gasteiger partial charge on any atom is -0.299 e. The van der Waals surface area contributed by atoms with Crippen molar-refractivity contribution in [1.29, 1.82) is 0 Å². The fourth-order valence-electron chi connectivity index (χ4n) is 2.67. The van der Waals surface area contributed by atoms with Crippen molar-refractivity contribution >= 4 is 5.78 Å². The van der Waals surface area contributed by atoms with E-state index in [9.17, 15) is 18.0 Å². The summed E-state index contributed by atoms with van der Waals surface area (Å²) in [6.07, 6.45) is -0.504. The highest BCUT2D eigenvalue weighted by Crippen LogP contribution is 2.40. The van der Waals surface area contributed by atoms with Gasteiger partial charge in [-0.05, 0) is 31.6 Å². The van der Waals surface area contributed by atoms with E-state index in [2.05, 4.69) is 13.8 Å². The first-order valence-electron chi connectivity index (χ1n) is 6.90. The Morgan fingerprint density at radius 1 is 1.28 bits per heavy atom. The second-order valence-electron chi connectivity index (χ2n) is 5.85. The average molecular weight is 264 g/mol. The summed E-state index contributed by atoms with van der Waals surface area (Å²) in [4.78, 5) is 11.9. The van der Waals surface area contributed by atoms with Gasteiger partial charge in [-0.1, -0.05) is 26.7 Å². The fourth-order valence-corrected chi connectivity index (χ4v) is 2.67. The largest absolute Gasteiger partial charge is 0.391 e. The molecule has 18 heavy (non-hydrogen) atoms. The molecule has 0 aromatic carbocycles. The number of rotatable bonds is 5. The van der Waals surface area contributed by atoms with Crippen LogP contribution >= 0.6 is 0 Å². The third kappa shape index (κ3) is 4.99. The Labute approximate surface area is 107 Å². The predicted octanol–water partition coefficient (Wildman–Crippen LogP) is 4.75. The summed E-state index contributed by atoms with van der Waals surface area (Å²) in [7, 11) is 0. The molecule has 0 aromatic rings. The van der Waals surface area contributed by atoms with Crippen molar-refractivity contribution in [2.24, 2.45) is 17.8 Å². The average Bonchev–Trinajstić information content (AvgIpc) is 2.27. The van der Waals surface area contributed by atoms with Crippen molar-refractivity contribution in [3.8, 4) is 0 Å². The number of ketones is 1. The molecular formula is C14H23F3O. The van der Waals surface area contributed by atoms with Crippen LogP contribution in [-0.4, -0.2) is 12.0 Å². The molecule has 1 aliphatic rings. The first-order valence-corrected chi connectivity index (χ1v) is 6.90. The molecule has 4 heteroatoms. The minimum absolute atomic E-state index is 0.0179. The van der Waals surface area contributed by atoms with Gasteiger partial charge in [-0.2, -0.15) is 13.2 Å². The van der Waals surface area contributed by atoms with Crippen molar-refractivity contribution in [3.63, 3.8) is 0 Å². The fraction of sp³-hybridized carbons (Fsp3) is 0.929. The van der Waals surface area contributed by atoms with E-state index >= 15 is 0 Å². The lowest BCUT2D eigenvalue weighted by Crippen LogP contribution is -2.31. The Balaban J connectivity index is 2.39. The van der Waals surface area contributed by atoms with Gasteiger partial charge in [-0.15, -0.1) is 0 Å². The van der Waals surface area contributed by atoms with Crippen molar-refractivity contribution in [2.45, 2.75) is 65.0 Å². The highest BCUT2D eigenvalue weighted by atomic mass is 19.4. The molecule has 0 heterocycles. The lowest BCUT2D eigenvalue weighted by molar-refractivity contribution is -0.186. The Morgan fingerprint density at radius 3 is 2.50 bits per heavy atom. The molecule has 0 bridgehead atoms. The van der Waals surface area contributed by atoms with Gasteiger partial charge in [0.05, 0.1) is 5.92 Å². The maximum Gasteiger partial charge on any atom is 0.391 e. The molecule has 1 nitrogen and oxygen atoms in total. The van der Waals surface area contributed by atoms with E-state index in [1.165, 1.54) is 0 Å². The van der Waals surface area contributed by atoms with Gasteiger partial charge in [0.15, 0.2) is 0 Å². The lowest BCUT2D eigenvalue weighted by Gasteiger charge is -2.29. The quantitative estimate of drug-likeness (QED) is 0.700. The van der Waals surface area contributed by atoms with Crippen molar-refractivity contribution in [1.82, 2.24) is 0 Å². The zero-order valence-corrected chi connectivity index (χ0v) is 11.2. The van der Waals surface area contributed by atoms with Gasteiger partial charge in [0.25, 0.3) is 0 Å². The molecule has 0 radical (unpaired) electrons. The van der Waals surface area contributed by atoms with Crippen LogP contribution in [-0.2, 0) is 4.79 Å². The second kappa shape index (κ2) is 6.58. The van der Waals surface area contributed by atoms with E-state index in [1.54, 1.807) is 0 Å². The SMILES string of the molecule is CC(C)CCCC(=O)C1CCCC(C(F)(F)F)C1. The van der Waals surface area contributed by atoms with Crippen LogP contribution in [0.1, 0.15) is 58.8 Å². The zero-order valence-electron chi connectivity index (χ0n) is 11.2. The molecule has 0 aliphatic heterocycles. The Kier molecular flexibility index (Phi) is 5.67. The molecule has 1 aliphatic carbocycles. The van der Waals surface area contributed by atoms with Crippen molar-refractivity contribution in [2.75, 3.05) is 0 Å². The summed E-state index contributed by atoms with van der Waals surface area (Å²) in [5.41, 5.74) is 0. The lowest BCUT2D eigenvalue weighted by atomic mass is 9.78. The van der Waals surface area contributed by atoms with E-state index in [0.717, 1.165) is 12.8 Å². The number of alkyl halides is 3. The minimum atomic E-state index is -4.13. The number of carbonyl (C=O) groups excluding carboxylic acids is 1. The summed E-state index contributed by atoms with van der Waals surface area (Å²) in [5, 5.41) is 0. The molecule has 1 rings (SSSR count). The number of hydrogen-bond acceptors (Lipinski definition) is 1. The molecule has 1 saturated carbocycles. The maximum absolute atomic E-state index is 12.6. The van der Waals surface area contributed by atoms with Crippen LogP contribution in [0.3, 0.4) is 0 Å². The van der Waals surface area contributed by atoms with E-state index < -0.39 is 12.1 Å². The van der Waals surface area contributed by atoms with Crippen molar-refractivity contribution in [3.05, 3.63) is 0 Å². The van der Waals surface area contributed by atoms with Gasteiger partial charge in [0.1, 0.15) is 5.78 Å². The second-order valence-corrected chi connectivity index (χ2v) is 5.85. The first kappa shape index (κ1) is 15.5. The molecule has 1 fully saturated rings. The molecule has 0 N–H and O–H groups in total. The van der Waals surface area contributed by atoms with E-state index in [1.807, 2.05) is 0 Å². The van der Waals surface area contributed by atoms with Gasteiger partial charge in [-0.3, -0.25) is 4.79 Å². The van der Waals surface area contributed by atoms with E-state index in [0.29, 0.717) is 25.2 Å². The Morgan fingerprint density at radius 2 is 1.94 bits per heavy atom. The van der Waals surface area contributed by atoms with Crippen LogP contribution < -0.4 is 0 Å². The highest BCUT2D eigenvalue weighted by molar-refractivity contribution is 5.81. The van der Waals surface area contributed by atoms with E-state index in [4.69, 9.17) is 0 Å². The van der Waals surface area contributed by atoms with Gasteiger partial charge in [0.2, 0.25) is 0 Å². The molecule has 2 atom stereocenters. The number of halogens is 3. The topological polar surface area (TPSA) is 17.1 Å². The molecule has 0 spiro atoms. The molecule has 2 unspecified atom stereocenters. The van der Waals surface area contributed by atoms with Crippen LogP contribution in [0, 0.1) is 17.8 Å². The third-order valence-electron chi connectivity index (χ3n) is 3.80. The monoisotopic (exact) mass is 264 g/mol. The number of carbonyl (C=O) groups is 1.